The van der Waals surface area contributed by atoms with Crippen LogP contribution in [0.1, 0.15) is 13.8 Å². The minimum Gasteiger partial charge on any atom is -0.282 e. The second-order valence-electron chi connectivity index (χ2n) is 7.09. The molecule has 0 heterocycles. The lowest BCUT2D eigenvalue weighted by molar-refractivity contribution is -0.108. The van der Waals surface area contributed by atoms with Gasteiger partial charge in [0.2, 0.25) is 10.2 Å². The highest BCUT2D eigenvalue weighted by Gasteiger charge is 2.11. The van der Waals surface area contributed by atoms with Crippen LogP contribution in [-0.2, 0) is 9.59 Å². The number of rotatable bonds is 6. The van der Waals surface area contributed by atoms with E-state index in [-0.39, 0.29) is 15.1 Å². The van der Waals surface area contributed by atoms with Gasteiger partial charge >= 0.3 is 0 Å². The van der Waals surface area contributed by atoms with Crippen LogP contribution < -0.4 is 0 Å². The first-order valence-electron chi connectivity index (χ1n) is 9.50. The zero-order chi connectivity index (χ0) is 22.5. The summed E-state index contributed by atoms with van der Waals surface area (Å²) in [6, 6.07) is 20.4. The number of thioether (sulfide) groups is 2. The topological polar surface area (TPSA) is 34.1 Å². The molecule has 0 aliphatic heterocycles. The van der Waals surface area contributed by atoms with Crippen molar-refractivity contribution in [3.63, 3.8) is 0 Å². The van der Waals surface area contributed by atoms with E-state index in [1.54, 1.807) is 26.0 Å². The number of benzene rings is 3. The first-order valence-corrected chi connectivity index (χ1v) is 11.1. The van der Waals surface area contributed by atoms with Crippen molar-refractivity contribution in [3.8, 4) is 22.3 Å². The maximum absolute atomic E-state index is 14.4. The molecule has 0 aliphatic carbocycles. The Morgan fingerprint density at radius 2 is 1.10 bits per heavy atom. The van der Waals surface area contributed by atoms with Gasteiger partial charge in [-0.2, -0.15) is 0 Å². The van der Waals surface area contributed by atoms with Crippen LogP contribution in [0, 0.1) is 5.82 Å². The van der Waals surface area contributed by atoms with E-state index in [1.807, 2.05) is 48.5 Å². The minimum absolute atomic E-state index is 0.0438. The molecule has 0 bridgehead atoms. The fourth-order valence-electron chi connectivity index (χ4n) is 2.71. The molecule has 3 aromatic carbocycles. The Balaban J connectivity index is 1.75. The van der Waals surface area contributed by atoms with E-state index in [0.717, 1.165) is 50.7 Å². The van der Waals surface area contributed by atoms with E-state index in [0.29, 0.717) is 11.1 Å². The summed E-state index contributed by atoms with van der Waals surface area (Å²) in [5.41, 5.74) is 4.57. The zero-order valence-electron chi connectivity index (χ0n) is 17.3. The Labute approximate surface area is 190 Å². The van der Waals surface area contributed by atoms with Crippen LogP contribution in [0.3, 0.4) is 0 Å². The quantitative estimate of drug-likeness (QED) is 0.288. The van der Waals surface area contributed by atoms with E-state index in [2.05, 4.69) is 13.2 Å². The van der Waals surface area contributed by atoms with Crippen LogP contribution >= 0.6 is 23.5 Å². The van der Waals surface area contributed by atoms with Crippen molar-refractivity contribution in [1.29, 1.82) is 0 Å². The van der Waals surface area contributed by atoms with E-state index in [1.165, 1.54) is 6.07 Å². The van der Waals surface area contributed by atoms with Crippen molar-refractivity contribution < 1.29 is 14.0 Å². The average molecular weight is 449 g/mol. The molecule has 0 spiro atoms. The number of halogens is 1. The van der Waals surface area contributed by atoms with E-state index in [4.69, 9.17) is 0 Å². The number of carbonyl (C=O) groups is 2. The third-order valence-corrected chi connectivity index (χ3v) is 6.57. The van der Waals surface area contributed by atoms with Gasteiger partial charge in [0.15, 0.2) is 0 Å². The van der Waals surface area contributed by atoms with E-state index < -0.39 is 5.82 Å². The van der Waals surface area contributed by atoms with Gasteiger partial charge in [0.25, 0.3) is 0 Å². The predicted molar refractivity (Wildman–Crippen MR) is 129 cm³/mol. The molecule has 0 saturated carbocycles. The summed E-state index contributed by atoms with van der Waals surface area (Å²) in [7, 11) is 0. The molecule has 0 unspecified atom stereocenters. The lowest BCUT2D eigenvalue weighted by Crippen LogP contribution is -1.93. The summed E-state index contributed by atoms with van der Waals surface area (Å²) in [4.78, 5) is 24.7. The Hall–Kier alpha value is -2.89. The van der Waals surface area contributed by atoms with Crippen molar-refractivity contribution in [1.82, 2.24) is 0 Å². The molecule has 3 aromatic rings. The Morgan fingerprint density at radius 1 is 0.677 bits per heavy atom. The summed E-state index contributed by atoms with van der Waals surface area (Å²) < 4.78 is 14.4. The summed E-state index contributed by atoms with van der Waals surface area (Å²) in [6.07, 6.45) is 0. The molecular formula is C26H21FO2S2. The van der Waals surface area contributed by atoms with Crippen LogP contribution in [0.25, 0.3) is 22.3 Å². The normalized spacial score (nSPS) is 10.5. The monoisotopic (exact) mass is 448 g/mol. The fourth-order valence-corrected chi connectivity index (χ4v) is 4.04. The van der Waals surface area contributed by atoms with Crippen molar-refractivity contribution in [3.05, 3.63) is 96.9 Å². The molecule has 0 fully saturated rings. The minimum atomic E-state index is -0.432. The van der Waals surface area contributed by atoms with Crippen molar-refractivity contribution in [2.24, 2.45) is 0 Å². The van der Waals surface area contributed by atoms with E-state index in [9.17, 15) is 14.0 Å². The highest BCUT2D eigenvalue weighted by molar-refractivity contribution is 8.14. The Morgan fingerprint density at radius 3 is 1.58 bits per heavy atom. The van der Waals surface area contributed by atoms with Crippen LogP contribution in [-0.4, -0.2) is 10.2 Å². The fraction of sp³-hybridized carbons (Fsp3) is 0.0769. The Bertz CT molecular complexity index is 1160. The molecule has 0 amide bonds. The van der Waals surface area contributed by atoms with Gasteiger partial charge in [0.05, 0.1) is 4.90 Å². The zero-order valence-corrected chi connectivity index (χ0v) is 18.9. The van der Waals surface area contributed by atoms with Crippen LogP contribution in [0.5, 0.6) is 0 Å². The third-order valence-electron chi connectivity index (χ3n) is 4.45. The Kier molecular flexibility index (Phi) is 7.31. The molecule has 0 aromatic heterocycles. The summed E-state index contributed by atoms with van der Waals surface area (Å²) in [5.74, 6) is -0.432. The summed E-state index contributed by atoms with van der Waals surface area (Å²) in [6.45, 7) is 10.6. The van der Waals surface area contributed by atoms with Crippen LogP contribution in [0.15, 0.2) is 101 Å². The van der Waals surface area contributed by atoms with E-state index >= 15 is 0 Å². The van der Waals surface area contributed by atoms with Crippen LogP contribution in [0.4, 0.5) is 4.39 Å². The lowest BCUT2D eigenvalue weighted by Gasteiger charge is -2.08. The molecule has 0 aliphatic rings. The smallest absolute Gasteiger partial charge is 0.219 e. The van der Waals surface area contributed by atoms with Gasteiger partial charge in [-0.25, -0.2) is 4.39 Å². The van der Waals surface area contributed by atoms with Crippen molar-refractivity contribution in [2.75, 3.05) is 0 Å². The standard InChI is InChI=1S/C26H21FO2S2/c1-16(2)25(28)30-22-12-9-19(10-13-22)18-5-7-20(8-6-18)21-11-14-24(23(27)15-21)31-26(29)17(3)4/h5-15H,1,3H2,2,4H3. The van der Waals surface area contributed by atoms with Gasteiger partial charge in [-0.15, -0.1) is 0 Å². The first kappa shape index (κ1) is 22.8. The molecule has 2 nitrogen and oxygen atoms in total. The molecule has 31 heavy (non-hydrogen) atoms. The van der Waals surface area contributed by atoms with Gasteiger partial charge in [-0.1, -0.05) is 55.6 Å². The van der Waals surface area contributed by atoms with Crippen molar-refractivity contribution in [2.45, 2.75) is 23.6 Å². The maximum atomic E-state index is 14.4. The number of hydrogen-bond acceptors (Lipinski definition) is 4. The second kappa shape index (κ2) is 9.94. The van der Waals surface area contributed by atoms with Gasteiger partial charge in [0.1, 0.15) is 5.82 Å². The highest BCUT2D eigenvalue weighted by Crippen LogP contribution is 2.31. The first-order chi connectivity index (χ1) is 14.7. The largest absolute Gasteiger partial charge is 0.282 e. The molecule has 0 atom stereocenters. The molecule has 5 heteroatoms. The molecule has 0 N–H and O–H groups in total. The molecular weight excluding hydrogens is 427 g/mol. The summed E-state index contributed by atoms with van der Waals surface area (Å²) in [5, 5.41) is -0.290. The second-order valence-corrected chi connectivity index (χ2v) is 9.15. The molecule has 0 saturated heterocycles. The SMILES string of the molecule is C=C(C)C(=O)Sc1ccc(-c2ccc(-c3ccc(SC(=O)C(=C)C)c(F)c3)cc2)cc1. The summed E-state index contributed by atoms with van der Waals surface area (Å²) >= 11 is 2.01. The maximum Gasteiger partial charge on any atom is 0.219 e. The predicted octanol–water partition coefficient (Wildman–Crippen LogP) is 7.55. The average Bonchev–Trinajstić information content (AvgIpc) is 2.75. The number of hydrogen-bond donors (Lipinski definition) is 0. The van der Waals surface area contributed by atoms with Gasteiger partial charge in [-0.3, -0.25) is 9.59 Å². The van der Waals surface area contributed by atoms with Gasteiger partial charge in [-0.05, 0) is 95.0 Å². The molecule has 156 valence electrons. The van der Waals surface area contributed by atoms with Crippen molar-refractivity contribution >= 4 is 33.8 Å². The third kappa shape index (κ3) is 5.84. The lowest BCUT2D eigenvalue weighted by atomic mass is 10.0. The highest BCUT2D eigenvalue weighted by atomic mass is 32.2. The van der Waals surface area contributed by atoms with Crippen LogP contribution in [0.2, 0.25) is 0 Å². The van der Waals surface area contributed by atoms with Gasteiger partial charge < -0.3 is 0 Å². The molecule has 0 radical (unpaired) electrons. The molecule has 3 rings (SSSR count). The van der Waals surface area contributed by atoms with Gasteiger partial charge in [0, 0.05) is 4.90 Å². The number of carbonyl (C=O) groups excluding carboxylic acids is 2.